The van der Waals surface area contributed by atoms with Crippen molar-refractivity contribution in [2.75, 3.05) is 16.8 Å². The lowest BCUT2D eigenvalue weighted by atomic mass is 10.0. The van der Waals surface area contributed by atoms with Crippen LogP contribution in [0.1, 0.15) is 17.5 Å². The number of carbonyl (C=O) groups excluding carboxylic acids is 2. The van der Waals surface area contributed by atoms with Crippen LogP contribution in [-0.4, -0.2) is 18.4 Å². The van der Waals surface area contributed by atoms with Gasteiger partial charge in [0, 0.05) is 24.0 Å². The van der Waals surface area contributed by atoms with Crippen molar-refractivity contribution in [1.82, 2.24) is 0 Å². The first-order valence-corrected chi connectivity index (χ1v) is 10.4. The van der Waals surface area contributed by atoms with Crippen molar-refractivity contribution >= 4 is 57.2 Å². The molecule has 0 aromatic heterocycles. The summed E-state index contributed by atoms with van der Waals surface area (Å²) in [6.45, 7) is 0.366. The standard InChI is InChI=1S/C23H18Cl2N2O2/c24-18-8-7-16(11-19(18)25)26-23(29)15-10-21(28)27(12-15)20-9-6-14-5-4-13-2-1-3-17(20)22(13)14/h1-3,6-9,11,15H,4-5,10,12H2,(H,26,29)/t15-/m1/s1. The zero-order chi connectivity index (χ0) is 20.1. The number of rotatable bonds is 3. The molecule has 146 valence electrons. The minimum atomic E-state index is -0.417. The maximum atomic E-state index is 12.8. The molecule has 1 fully saturated rings. The first-order chi connectivity index (χ1) is 14.0. The van der Waals surface area contributed by atoms with Crippen molar-refractivity contribution in [2.24, 2.45) is 5.92 Å². The first kappa shape index (κ1) is 18.5. The summed E-state index contributed by atoms with van der Waals surface area (Å²) in [6.07, 6.45) is 2.27. The molecular weight excluding hydrogens is 407 g/mol. The Kier molecular flexibility index (Phi) is 4.49. The second-order valence-electron chi connectivity index (χ2n) is 7.61. The average Bonchev–Trinajstić information content (AvgIpc) is 3.30. The van der Waals surface area contributed by atoms with E-state index < -0.39 is 5.92 Å². The Labute approximate surface area is 178 Å². The number of nitrogens with one attached hydrogen (secondary N) is 1. The predicted octanol–water partition coefficient (Wildman–Crippen LogP) is 5.24. The van der Waals surface area contributed by atoms with Gasteiger partial charge in [-0.3, -0.25) is 9.59 Å². The van der Waals surface area contributed by atoms with E-state index in [-0.39, 0.29) is 18.2 Å². The van der Waals surface area contributed by atoms with Crippen molar-refractivity contribution in [2.45, 2.75) is 19.3 Å². The molecular formula is C23H18Cl2N2O2. The maximum absolute atomic E-state index is 12.8. The quantitative estimate of drug-likeness (QED) is 0.624. The molecule has 0 radical (unpaired) electrons. The fraction of sp³-hybridized carbons (Fsp3) is 0.217. The van der Waals surface area contributed by atoms with Crippen LogP contribution in [0.3, 0.4) is 0 Å². The van der Waals surface area contributed by atoms with Crippen LogP contribution in [0, 0.1) is 5.92 Å². The maximum Gasteiger partial charge on any atom is 0.229 e. The molecule has 1 N–H and O–H groups in total. The third-order valence-corrected chi connectivity index (χ3v) is 6.57. The topological polar surface area (TPSA) is 49.4 Å². The van der Waals surface area contributed by atoms with Crippen molar-refractivity contribution in [3.05, 3.63) is 69.7 Å². The predicted molar refractivity (Wildman–Crippen MR) is 117 cm³/mol. The minimum absolute atomic E-state index is 0.0296. The van der Waals surface area contributed by atoms with Gasteiger partial charge in [-0.25, -0.2) is 0 Å². The molecule has 3 aromatic carbocycles. The molecule has 5 rings (SSSR count). The number of carbonyl (C=O) groups is 2. The molecule has 0 spiro atoms. The molecule has 1 atom stereocenters. The average molecular weight is 425 g/mol. The van der Waals surface area contributed by atoms with Gasteiger partial charge in [-0.15, -0.1) is 0 Å². The summed E-state index contributed by atoms with van der Waals surface area (Å²) < 4.78 is 0. The molecule has 3 aromatic rings. The van der Waals surface area contributed by atoms with E-state index >= 15 is 0 Å². The van der Waals surface area contributed by atoms with Crippen LogP contribution >= 0.6 is 23.2 Å². The van der Waals surface area contributed by atoms with Gasteiger partial charge < -0.3 is 10.2 Å². The van der Waals surface area contributed by atoms with Crippen molar-refractivity contribution in [3.8, 4) is 0 Å². The van der Waals surface area contributed by atoms with Gasteiger partial charge in [-0.1, -0.05) is 47.5 Å². The Morgan fingerprint density at radius 3 is 2.59 bits per heavy atom. The van der Waals surface area contributed by atoms with E-state index in [0.717, 1.165) is 23.9 Å². The number of halogens is 2. The van der Waals surface area contributed by atoms with Crippen LogP contribution < -0.4 is 10.2 Å². The van der Waals surface area contributed by atoms with Gasteiger partial charge >= 0.3 is 0 Å². The minimum Gasteiger partial charge on any atom is -0.326 e. The first-order valence-electron chi connectivity index (χ1n) is 9.61. The van der Waals surface area contributed by atoms with Gasteiger partial charge in [0.15, 0.2) is 0 Å². The van der Waals surface area contributed by atoms with Crippen LogP contribution in [0.15, 0.2) is 48.5 Å². The molecule has 1 heterocycles. The summed E-state index contributed by atoms with van der Waals surface area (Å²) in [5, 5.41) is 6.01. The number of anilines is 2. The number of aryl methyl sites for hydroxylation is 2. The zero-order valence-corrected chi connectivity index (χ0v) is 17.1. The van der Waals surface area contributed by atoms with Crippen LogP contribution in [0.5, 0.6) is 0 Å². The lowest BCUT2D eigenvalue weighted by molar-refractivity contribution is -0.122. The summed E-state index contributed by atoms with van der Waals surface area (Å²) in [6, 6.07) is 15.4. The van der Waals surface area contributed by atoms with Gasteiger partial charge in [0.2, 0.25) is 11.8 Å². The summed E-state index contributed by atoms with van der Waals surface area (Å²) in [4.78, 5) is 27.3. The fourth-order valence-electron chi connectivity index (χ4n) is 4.40. The van der Waals surface area contributed by atoms with Crippen molar-refractivity contribution < 1.29 is 9.59 Å². The van der Waals surface area contributed by atoms with E-state index in [1.165, 1.54) is 16.5 Å². The normalized spacial score (nSPS) is 17.9. The van der Waals surface area contributed by atoms with Gasteiger partial charge in [0.05, 0.1) is 21.7 Å². The molecule has 1 saturated heterocycles. The van der Waals surface area contributed by atoms with Gasteiger partial charge in [-0.05, 0) is 53.6 Å². The van der Waals surface area contributed by atoms with Crippen LogP contribution in [0.25, 0.3) is 10.8 Å². The molecule has 29 heavy (non-hydrogen) atoms. The van der Waals surface area contributed by atoms with Gasteiger partial charge in [0.1, 0.15) is 0 Å². The van der Waals surface area contributed by atoms with Crippen LogP contribution in [-0.2, 0) is 22.4 Å². The lowest BCUT2D eigenvalue weighted by Crippen LogP contribution is -2.28. The third-order valence-electron chi connectivity index (χ3n) is 5.83. The highest BCUT2D eigenvalue weighted by atomic mass is 35.5. The number of amides is 2. The van der Waals surface area contributed by atoms with Crippen molar-refractivity contribution in [3.63, 3.8) is 0 Å². The second-order valence-corrected chi connectivity index (χ2v) is 8.42. The molecule has 6 heteroatoms. The smallest absolute Gasteiger partial charge is 0.229 e. The number of hydrogen-bond donors (Lipinski definition) is 1. The highest BCUT2D eigenvalue weighted by Gasteiger charge is 2.36. The van der Waals surface area contributed by atoms with Crippen molar-refractivity contribution in [1.29, 1.82) is 0 Å². The van der Waals surface area contributed by atoms with E-state index in [2.05, 4.69) is 23.5 Å². The number of nitrogens with zero attached hydrogens (tertiary/aromatic N) is 1. The fourth-order valence-corrected chi connectivity index (χ4v) is 4.70. The Balaban J connectivity index is 1.40. The molecule has 4 nitrogen and oxygen atoms in total. The van der Waals surface area contributed by atoms with Crippen LogP contribution in [0.4, 0.5) is 11.4 Å². The lowest BCUT2D eigenvalue weighted by Gasteiger charge is -2.20. The van der Waals surface area contributed by atoms with Gasteiger partial charge in [0.25, 0.3) is 0 Å². The van der Waals surface area contributed by atoms with E-state index in [1.54, 1.807) is 23.1 Å². The number of hydrogen-bond acceptors (Lipinski definition) is 2. The SMILES string of the molecule is O=C(Nc1ccc(Cl)c(Cl)c1)[C@@H]1CC(=O)N(c2ccc3c4c(cccc24)CC3)C1. The largest absolute Gasteiger partial charge is 0.326 e. The van der Waals surface area contributed by atoms with E-state index in [4.69, 9.17) is 23.2 Å². The highest BCUT2D eigenvalue weighted by molar-refractivity contribution is 6.42. The summed E-state index contributed by atoms with van der Waals surface area (Å²) in [7, 11) is 0. The van der Waals surface area contributed by atoms with E-state index in [1.807, 2.05) is 12.1 Å². The molecule has 0 saturated carbocycles. The summed E-state index contributed by atoms with van der Waals surface area (Å²) >= 11 is 12.0. The Hall–Kier alpha value is -2.56. The summed E-state index contributed by atoms with van der Waals surface area (Å²) in [5.41, 5.74) is 4.13. The number of benzene rings is 3. The zero-order valence-electron chi connectivity index (χ0n) is 15.5. The summed E-state index contributed by atoms with van der Waals surface area (Å²) in [5.74, 6) is -0.636. The Bertz CT molecular complexity index is 1160. The van der Waals surface area contributed by atoms with E-state index in [0.29, 0.717) is 22.3 Å². The van der Waals surface area contributed by atoms with Gasteiger partial charge in [-0.2, -0.15) is 0 Å². The Morgan fingerprint density at radius 2 is 1.79 bits per heavy atom. The molecule has 2 aliphatic rings. The molecule has 1 aliphatic carbocycles. The molecule has 0 unspecified atom stereocenters. The molecule has 0 bridgehead atoms. The van der Waals surface area contributed by atoms with E-state index in [9.17, 15) is 9.59 Å². The molecule has 2 amide bonds. The second kappa shape index (κ2) is 7.05. The molecule has 1 aliphatic heterocycles. The monoisotopic (exact) mass is 424 g/mol. The third kappa shape index (κ3) is 3.17. The Morgan fingerprint density at radius 1 is 1.00 bits per heavy atom. The highest BCUT2D eigenvalue weighted by Crippen LogP contribution is 2.38. The van der Waals surface area contributed by atoms with Crippen LogP contribution in [0.2, 0.25) is 10.0 Å².